The number of carbonyl (C=O) groups is 1. The molecule has 1 aliphatic heterocycles. The predicted molar refractivity (Wildman–Crippen MR) is 84.2 cm³/mol. The molecule has 116 valence electrons. The van der Waals surface area contributed by atoms with Gasteiger partial charge in [0.15, 0.2) is 0 Å². The zero-order valence-corrected chi connectivity index (χ0v) is 13.0. The van der Waals surface area contributed by atoms with Crippen LogP contribution in [0, 0.1) is 12.8 Å². The first-order chi connectivity index (χ1) is 10.7. The lowest BCUT2D eigenvalue weighted by molar-refractivity contribution is -0.131. The van der Waals surface area contributed by atoms with Gasteiger partial charge in [0.05, 0.1) is 12.6 Å². The van der Waals surface area contributed by atoms with Gasteiger partial charge in [-0.1, -0.05) is 6.07 Å². The van der Waals surface area contributed by atoms with Gasteiger partial charge in [0.1, 0.15) is 0 Å². The molecule has 1 fully saturated rings. The minimum Gasteiger partial charge on any atom is -0.342 e. The number of pyridine rings is 1. The number of aryl methyl sites for hydroxylation is 1. The number of piperidine rings is 1. The van der Waals surface area contributed by atoms with Gasteiger partial charge in [0.25, 0.3) is 0 Å². The van der Waals surface area contributed by atoms with Crippen LogP contribution >= 0.6 is 0 Å². The van der Waals surface area contributed by atoms with Gasteiger partial charge in [-0.2, -0.15) is 5.10 Å². The average Bonchev–Trinajstić information content (AvgIpc) is 2.94. The Morgan fingerprint density at radius 3 is 2.77 bits per heavy atom. The standard InChI is InChI=1S/C17H22N4O/c1-14-10-19-21(12-14)13-15-4-7-20(8-5-15)17(22)9-16-3-2-6-18-11-16/h2-3,6,10-12,15H,4-5,7-9,13H2,1H3. The molecule has 22 heavy (non-hydrogen) atoms. The second kappa shape index (κ2) is 6.73. The zero-order valence-electron chi connectivity index (χ0n) is 13.0. The summed E-state index contributed by atoms with van der Waals surface area (Å²) in [5, 5.41) is 4.35. The van der Waals surface area contributed by atoms with Crippen molar-refractivity contribution in [2.45, 2.75) is 32.7 Å². The SMILES string of the molecule is Cc1cnn(CC2CCN(C(=O)Cc3cccnc3)CC2)c1. The number of likely N-dealkylation sites (tertiary alicyclic amines) is 1. The molecule has 1 aliphatic rings. The number of amides is 1. The van der Waals surface area contributed by atoms with Gasteiger partial charge in [0.2, 0.25) is 5.91 Å². The van der Waals surface area contributed by atoms with E-state index < -0.39 is 0 Å². The lowest BCUT2D eigenvalue weighted by Gasteiger charge is -2.32. The van der Waals surface area contributed by atoms with Crippen LogP contribution in [0.1, 0.15) is 24.0 Å². The van der Waals surface area contributed by atoms with Crippen molar-refractivity contribution in [2.75, 3.05) is 13.1 Å². The molecule has 2 aromatic rings. The fraction of sp³-hybridized carbons (Fsp3) is 0.471. The van der Waals surface area contributed by atoms with Gasteiger partial charge in [-0.3, -0.25) is 14.5 Å². The predicted octanol–water partition coefficient (Wildman–Crippen LogP) is 2.07. The van der Waals surface area contributed by atoms with Crippen LogP contribution in [0.3, 0.4) is 0 Å². The van der Waals surface area contributed by atoms with E-state index in [1.54, 1.807) is 12.4 Å². The molecule has 5 nitrogen and oxygen atoms in total. The lowest BCUT2D eigenvalue weighted by atomic mass is 9.96. The summed E-state index contributed by atoms with van der Waals surface area (Å²) >= 11 is 0. The van der Waals surface area contributed by atoms with Crippen molar-refractivity contribution in [3.8, 4) is 0 Å². The maximum Gasteiger partial charge on any atom is 0.227 e. The number of hydrogen-bond acceptors (Lipinski definition) is 3. The molecule has 0 aromatic carbocycles. The molecule has 2 aromatic heterocycles. The van der Waals surface area contributed by atoms with Crippen LogP contribution in [-0.4, -0.2) is 38.7 Å². The molecule has 0 atom stereocenters. The van der Waals surface area contributed by atoms with Gasteiger partial charge in [-0.15, -0.1) is 0 Å². The highest BCUT2D eigenvalue weighted by Crippen LogP contribution is 2.19. The topological polar surface area (TPSA) is 51.0 Å². The summed E-state index contributed by atoms with van der Waals surface area (Å²) < 4.78 is 2.02. The molecule has 1 amide bonds. The van der Waals surface area contributed by atoms with E-state index in [0.29, 0.717) is 12.3 Å². The van der Waals surface area contributed by atoms with Crippen molar-refractivity contribution in [3.63, 3.8) is 0 Å². The Morgan fingerprint density at radius 1 is 1.32 bits per heavy atom. The molecule has 0 bridgehead atoms. The van der Waals surface area contributed by atoms with Crippen molar-refractivity contribution in [1.82, 2.24) is 19.7 Å². The van der Waals surface area contributed by atoms with Gasteiger partial charge in [-0.25, -0.2) is 0 Å². The first kappa shape index (κ1) is 14.8. The first-order valence-corrected chi connectivity index (χ1v) is 7.86. The van der Waals surface area contributed by atoms with Crippen molar-refractivity contribution in [1.29, 1.82) is 0 Å². The zero-order chi connectivity index (χ0) is 15.4. The van der Waals surface area contributed by atoms with E-state index in [1.807, 2.05) is 27.9 Å². The van der Waals surface area contributed by atoms with Gasteiger partial charge >= 0.3 is 0 Å². The molecule has 0 N–H and O–H groups in total. The fourth-order valence-electron chi connectivity index (χ4n) is 2.99. The van der Waals surface area contributed by atoms with E-state index in [9.17, 15) is 4.79 Å². The van der Waals surface area contributed by atoms with Crippen molar-refractivity contribution < 1.29 is 4.79 Å². The molecule has 0 radical (unpaired) electrons. The second-order valence-corrected chi connectivity index (χ2v) is 6.10. The van der Waals surface area contributed by atoms with Gasteiger partial charge in [-0.05, 0) is 42.9 Å². The van der Waals surface area contributed by atoms with E-state index in [0.717, 1.165) is 38.0 Å². The molecule has 5 heteroatoms. The molecular formula is C17H22N4O. The summed E-state index contributed by atoms with van der Waals surface area (Å²) in [6, 6.07) is 3.83. The quantitative estimate of drug-likeness (QED) is 0.868. The highest BCUT2D eigenvalue weighted by Gasteiger charge is 2.23. The first-order valence-electron chi connectivity index (χ1n) is 7.86. The van der Waals surface area contributed by atoms with Crippen LogP contribution in [0.4, 0.5) is 0 Å². The summed E-state index contributed by atoms with van der Waals surface area (Å²) in [5.74, 6) is 0.822. The minimum atomic E-state index is 0.210. The van der Waals surface area contributed by atoms with E-state index in [2.05, 4.69) is 23.2 Å². The van der Waals surface area contributed by atoms with E-state index >= 15 is 0 Å². The van der Waals surface area contributed by atoms with E-state index in [-0.39, 0.29) is 5.91 Å². The van der Waals surface area contributed by atoms with Crippen LogP contribution < -0.4 is 0 Å². The molecule has 3 heterocycles. The number of nitrogens with zero attached hydrogens (tertiary/aromatic N) is 4. The lowest BCUT2D eigenvalue weighted by Crippen LogP contribution is -2.40. The molecular weight excluding hydrogens is 276 g/mol. The Balaban J connectivity index is 1.48. The molecule has 0 aliphatic carbocycles. The largest absolute Gasteiger partial charge is 0.342 e. The van der Waals surface area contributed by atoms with Gasteiger partial charge < -0.3 is 4.90 Å². The third kappa shape index (κ3) is 3.72. The maximum atomic E-state index is 12.3. The molecule has 0 spiro atoms. The summed E-state index contributed by atoms with van der Waals surface area (Å²) in [5.41, 5.74) is 2.19. The number of hydrogen-bond donors (Lipinski definition) is 0. The Bertz CT molecular complexity index is 615. The van der Waals surface area contributed by atoms with Crippen molar-refractivity contribution >= 4 is 5.91 Å². The number of carbonyl (C=O) groups excluding carboxylic acids is 1. The Kier molecular flexibility index (Phi) is 4.51. The fourth-order valence-corrected chi connectivity index (χ4v) is 2.99. The number of rotatable bonds is 4. The summed E-state index contributed by atoms with van der Waals surface area (Å²) in [6.07, 6.45) is 10.0. The third-order valence-electron chi connectivity index (χ3n) is 4.25. The van der Waals surface area contributed by atoms with Crippen LogP contribution in [0.2, 0.25) is 0 Å². The van der Waals surface area contributed by atoms with Crippen LogP contribution in [0.25, 0.3) is 0 Å². The number of aromatic nitrogens is 3. The molecule has 3 rings (SSSR count). The van der Waals surface area contributed by atoms with Gasteiger partial charge in [0, 0.05) is 38.2 Å². The summed E-state index contributed by atoms with van der Waals surface area (Å²) in [7, 11) is 0. The van der Waals surface area contributed by atoms with Crippen LogP contribution in [0.5, 0.6) is 0 Å². The maximum absolute atomic E-state index is 12.3. The Morgan fingerprint density at radius 2 is 2.14 bits per heavy atom. The molecule has 1 saturated heterocycles. The second-order valence-electron chi connectivity index (χ2n) is 6.10. The third-order valence-corrected chi connectivity index (χ3v) is 4.25. The van der Waals surface area contributed by atoms with Crippen molar-refractivity contribution in [2.24, 2.45) is 5.92 Å². The molecule has 0 saturated carbocycles. The molecule has 0 unspecified atom stereocenters. The summed E-state index contributed by atoms with van der Waals surface area (Å²) in [4.78, 5) is 18.4. The van der Waals surface area contributed by atoms with Crippen molar-refractivity contribution in [3.05, 3.63) is 48.0 Å². The monoisotopic (exact) mass is 298 g/mol. The highest BCUT2D eigenvalue weighted by atomic mass is 16.2. The summed E-state index contributed by atoms with van der Waals surface area (Å²) in [6.45, 7) is 4.72. The Hall–Kier alpha value is -2.17. The normalized spacial score (nSPS) is 16.0. The highest BCUT2D eigenvalue weighted by molar-refractivity contribution is 5.78. The average molecular weight is 298 g/mol. The Labute approximate surface area is 131 Å². The smallest absolute Gasteiger partial charge is 0.227 e. The van der Waals surface area contributed by atoms with E-state index in [4.69, 9.17) is 0 Å². The van der Waals surface area contributed by atoms with E-state index in [1.165, 1.54) is 5.56 Å². The van der Waals surface area contributed by atoms with Crippen LogP contribution in [-0.2, 0) is 17.8 Å². The minimum absolute atomic E-state index is 0.210. The van der Waals surface area contributed by atoms with Crippen LogP contribution in [0.15, 0.2) is 36.9 Å².